The first-order valence-corrected chi connectivity index (χ1v) is 9.35. The van der Waals surface area contributed by atoms with E-state index in [0.29, 0.717) is 11.5 Å². The van der Waals surface area contributed by atoms with Crippen LogP contribution < -0.4 is 4.74 Å². The number of benzene rings is 1. The van der Waals surface area contributed by atoms with Crippen molar-refractivity contribution in [3.8, 4) is 11.4 Å². The highest BCUT2D eigenvalue weighted by atomic mass is 32.2. The first-order valence-electron chi connectivity index (χ1n) is 8.54. The highest BCUT2D eigenvalue weighted by Gasteiger charge is 2.34. The molecule has 0 aliphatic carbocycles. The number of aromatic nitrogens is 1. The number of hydrogen-bond acceptors (Lipinski definition) is 5. The number of imide groups is 1. The zero-order valence-corrected chi connectivity index (χ0v) is 16.6. The summed E-state index contributed by atoms with van der Waals surface area (Å²) in [6.45, 7) is 4.60. The van der Waals surface area contributed by atoms with E-state index in [-0.39, 0.29) is 17.7 Å². The number of hydrogen-bond donors (Lipinski definition) is 0. The number of rotatable bonds is 6. The molecule has 2 aromatic rings. The fraction of sp³-hybridized carbons (Fsp3) is 0.300. The summed E-state index contributed by atoms with van der Waals surface area (Å²) in [5.74, 6) is 0.508. The number of amides is 2. The van der Waals surface area contributed by atoms with Gasteiger partial charge in [-0.3, -0.25) is 14.5 Å². The molecule has 0 spiro atoms. The smallest absolute Gasteiger partial charge is 0.293 e. The van der Waals surface area contributed by atoms with Crippen LogP contribution in [-0.4, -0.2) is 48.0 Å². The molecule has 1 aromatic heterocycles. The second kappa shape index (κ2) is 8.02. The van der Waals surface area contributed by atoms with Crippen molar-refractivity contribution in [2.24, 2.45) is 0 Å². The lowest BCUT2D eigenvalue weighted by molar-refractivity contribution is -0.123. The minimum atomic E-state index is -0.270. The topological polar surface area (TPSA) is 60.8 Å². The predicted octanol–water partition coefficient (Wildman–Crippen LogP) is 3.79. The molecule has 6 nitrogen and oxygen atoms in total. The van der Waals surface area contributed by atoms with Crippen LogP contribution >= 0.6 is 11.8 Å². The van der Waals surface area contributed by atoms with Crippen molar-refractivity contribution < 1.29 is 19.1 Å². The summed E-state index contributed by atoms with van der Waals surface area (Å²) in [6, 6.07) is 9.81. The van der Waals surface area contributed by atoms with Gasteiger partial charge in [-0.05, 0) is 55.4 Å². The molecule has 7 heteroatoms. The molecule has 1 aliphatic heterocycles. The molecule has 2 heterocycles. The monoisotopic (exact) mass is 386 g/mol. The van der Waals surface area contributed by atoms with Crippen molar-refractivity contribution in [1.82, 2.24) is 9.47 Å². The van der Waals surface area contributed by atoms with E-state index in [1.165, 1.54) is 4.90 Å². The molecule has 1 aliphatic rings. The molecule has 27 heavy (non-hydrogen) atoms. The van der Waals surface area contributed by atoms with Gasteiger partial charge >= 0.3 is 0 Å². The Balaban J connectivity index is 1.94. The summed E-state index contributed by atoms with van der Waals surface area (Å²) in [4.78, 5) is 26.3. The summed E-state index contributed by atoms with van der Waals surface area (Å²) in [5, 5.41) is -0.259. The molecule has 0 unspecified atom stereocenters. The normalized spacial score (nSPS) is 15.9. The lowest BCUT2D eigenvalue weighted by atomic mass is 10.2. The van der Waals surface area contributed by atoms with Crippen LogP contribution in [0.1, 0.15) is 17.0 Å². The number of nitrogens with zero attached hydrogens (tertiary/aromatic N) is 2. The Morgan fingerprint density at radius 2 is 1.93 bits per heavy atom. The molecule has 2 amide bonds. The Labute approximate surface area is 162 Å². The lowest BCUT2D eigenvalue weighted by Crippen LogP contribution is -2.31. The summed E-state index contributed by atoms with van der Waals surface area (Å²) in [6.07, 6.45) is 1.79. The minimum absolute atomic E-state index is 0.259. The maximum absolute atomic E-state index is 12.5. The van der Waals surface area contributed by atoms with Crippen LogP contribution in [0.2, 0.25) is 0 Å². The van der Waals surface area contributed by atoms with Crippen molar-refractivity contribution in [2.45, 2.75) is 13.8 Å². The molecule has 0 atom stereocenters. The van der Waals surface area contributed by atoms with Crippen LogP contribution in [0.15, 0.2) is 35.2 Å². The number of ether oxygens (including phenoxy) is 2. The number of aryl methyl sites for hydroxylation is 1. The van der Waals surface area contributed by atoms with Gasteiger partial charge in [-0.1, -0.05) is 6.07 Å². The van der Waals surface area contributed by atoms with Gasteiger partial charge in [0, 0.05) is 30.3 Å². The summed E-state index contributed by atoms with van der Waals surface area (Å²) >= 11 is 0.966. The number of carbonyl (C=O) groups is 2. The van der Waals surface area contributed by atoms with Crippen LogP contribution in [0, 0.1) is 13.8 Å². The zero-order valence-electron chi connectivity index (χ0n) is 15.8. The van der Waals surface area contributed by atoms with Crippen LogP contribution in [0.5, 0.6) is 5.75 Å². The molecule has 0 saturated carbocycles. The largest absolute Gasteiger partial charge is 0.497 e. The Bertz CT molecular complexity index is 917. The van der Waals surface area contributed by atoms with Gasteiger partial charge in [0.05, 0.1) is 25.2 Å². The van der Waals surface area contributed by atoms with Gasteiger partial charge in [-0.25, -0.2) is 0 Å². The summed E-state index contributed by atoms with van der Waals surface area (Å²) < 4.78 is 12.4. The third kappa shape index (κ3) is 3.79. The third-order valence-electron chi connectivity index (χ3n) is 4.46. The first kappa shape index (κ1) is 19.3. The van der Waals surface area contributed by atoms with Crippen LogP contribution in [-0.2, 0) is 9.53 Å². The van der Waals surface area contributed by atoms with E-state index < -0.39 is 0 Å². The third-order valence-corrected chi connectivity index (χ3v) is 5.37. The number of thioether (sulfide) groups is 1. The van der Waals surface area contributed by atoms with E-state index in [2.05, 4.69) is 4.57 Å². The van der Waals surface area contributed by atoms with E-state index in [9.17, 15) is 9.59 Å². The van der Waals surface area contributed by atoms with Gasteiger partial charge in [-0.15, -0.1) is 0 Å². The van der Waals surface area contributed by atoms with Crippen molar-refractivity contribution in [3.05, 3.63) is 52.2 Å². The fourth-order valence-electron chi connectivity index (χ4n) is 3.10. The highest BCUT2D eigenvalue weighted by molar-refractivity contribution is 8.18. The SMILES string of the molecule is COCCN1C(=O)S/C(=C\c2cc(C)n(-c3cccc(OC)c3)c2C)C1=O. The minimum Gasteiger partial charge on any atom is -0.497 e. The van der Waals surface area contributed by atoms with E-state index in [1.807, 2.05) is 44.2 Å². The standard InChI is InChI=1S/C20H22N2O4S/c1-13-10-15(11-18-19(23)21(8-9-25-3)20(24)27-18)14(2)22(13)16-6-5-7-17(12-16)26-4/h5-7,10-12H,8-9H2,1-4H3/b18-11-. The Kier molecular flexibility index (Phi) is 5.72. The molecule has 1 aromatic carbocycles. The van der Waals surface area contributed by atoms with Gasteiger partial charge < -0.3 is 14.0 Å². The van der Waals surface area contributed by atoms with Gasteiger partial charge in [0.15, 0.2) is 0 Å². The van der Waals surface area contributed by atoms with Gasteiger partial charge in [0.1, 0.15) is 5.75 Å². The van der Waals surface area contributed by atoms with Crippen molar-refractivity contribution >= 4 is 29.0 Å². The second-order valence-electron chi connectivity index (χ2n) is 6.19. The van der Waals surface area contributed by atoms with Crippen molar-refractivity contribution in [3.63, 3.8) is 0 Å². The van der Waals surface area contributed by atoms with Gasteiger partial charge in [0.25, 0.3) is 11.1 Å². The molecular weight excluding hydrogens is 364 g/mol. The molecule has 0 radical (unpaired) electrons. The highest BCUT2D eigenvalue weighted by Crippen LogP contribution is 2.33. The van der Waals surface area contributed by atoms with E-state index in [0.717, 1.165) is 40.2 Å². The average molecular weight is 386 g/mol. The zero-order chi connectivity index (χ0) is 19.6. The van der Waals surface area contributed by atoms with Gasteiger partial charge in [-0.2, -0.15) is 0 Å². The predicted molar refractivity (Wildman–Crippen MR) is 106 cm³/mol. The number of carbonyl (C=O) groups excluding carboxylic acids is 2. The second-order valence-corrected chi connectivity index (χ2v) is 7.18. The molecule has 1 saturated heterocycles. The fourth-order valence-corrected chi connectivity index (χ4v) is 3.95. The molecule has 142 valence electrons. The Hall–Kier alpha value is -2.51. The van der Waals surface area contributed by atoms with Crippen molar-refractivity contribution in [1.29, 1.82) is 0 Å². The Morgan fingerprint density at radius 1 is 1.15 bits per heavy atom. The maximum Gasteiger partial charge on any atom is 0.293 e. The average Bonchev–Trinajstić information content (AvgIpc) is 3.08. The van der Waals surface area contributed by atoms with Crippen LogP contribution in [0.4, 0.5) is 4.79 Å². The molecule has 1 fully saturated rings. The van der Waals surface area contributed by atoms with Gasteiger partial charge in [0.2, 0.25) is 0 Å². The maximum atomic E-state index is 12.5. The molecular formula is C20H22N2O4S. The van der Waals surface area contributed by atoms with Crippen LogP contribution in [0.3, 0.4) is 0 Å². The molecule has 0 N–H and O–H groups in total. The quantitative estimate of drug-likeness (QED) is 0.707. The molecule has 0 bridgehead atoms. The van der Waals surface area contributed by atoms with E-state index in [1.54, 1.807) is 20.3 Å². The molecule has 3 rings (SSSR count). The van der Waals surface area contributed by atoms with E-state index in [4.69, 9.17) is 9.47 Å². The van der Waals surface area contributed by atoms with Crippen LogP contribution in [0.25, 0.3) is 11.8 Å². The summed E-state index contributed by atoms with van der Waals surface area (Å²) in [7, 11) is 3.18. The van der Waals surface area contributed by atoms with E-state index >= 15 is 0 Å². The summed E-state index contributed by atoms with van der Waals surface area (Å²) in [5.41, 5.74) is 3.92. The lowest BCUT2D eigenvalue weighted by Gasteiger charge is -2.11. The first-order chi connectivity index (χ1) is 13.0. The Morgan fingerprint density at radius 3 is 2.63 bits per heavy atom. The van der Waals surface area contributed by atoms with Crippen molar-refractivity contribution in [2.75, 3.05) is 27.4 Å². The number of methoxy groups -OCH3 is 2.